The maximum absolute atomic E-state index is 13.2. The van der Waals surface area contributed by atoms with E-state index in [-0.39, 0.29) is 29.6 Å². The van der Waals surface area contributed by atoms with Gasteiger partial charge in [-0.15, -0.1) is 0 Å². The summed E-state index contributed by atoms with van der Waals surface area (Å²) in [5.41, 5.74) is 1.71. The van der Waals surface area contributed by atoms with Crippen molar-refractivity contribution in [3.63, 3.8) is 0 Å². The molecule has 0 aromatic heterocycles. The number of hydrogen-bond donors (Lipinski definition) is 1. The quantitative estimate of drug-likeness (QED) is 0.519. The number of nitrogens with zero attached hydrogens (tertiary/aromatic N) is 1. The summed E-state index contributed by atoms with van der Waals surface area (Å²) in [4.78, 5) is 27.6. The van der Waals surface area contributed by atoms with Crippen LogP contribution in [-0.2, 0) is 14.3 Å². The lowest BCUT2D eigenvalue weighted by Crippen LogP contribution is -2.33. The van der Waals surface area contributed by atoms with E-state index in [0.717, 1.165) is 0 Å². The molecular formula is C22H24N2O5. The average Bonchev–Trinajstić information content (AvgIpc) is 2.98. The predicted molar refractivity (Wildman–Crippen MR) is 110 cm³/mol. The van der Waals surface area contributed by atoms with Crippen LogP contribution in [0.4, 0.5) is 5.69 Å². The Morgan fingerprint density at radius 2 is 1.72 bits per heavy atom. The Hall–Kier alpha value is -3.32. The second-order valence-corrected chi connectivity index (χ2v) is 6.42. The number of hydrogen-bond acceptors (Lipinski definition) is 6. The van der Waals surface area contributed by atoms with Crippen LogP contribution in [0.5, 0.6) is 11.5 Å². The van der Waals surface area contributed by atoms with Gasteiger partial charge in [0.2, 0.25) is 0 Å². The molecule has 7 heteroatoms. The molecule has 0 radical (unpaired) electrons. The molecule has 2 aromatic rings. The Morgan fingerprint density at radius 1 is 0.931 bits per heavy atom. The first kappa shape index (κ1) is 20.4. The van der Waals surface area contributed by atoms with E-state index in [1.807, 2.05) is 12.1 Å². The molecule has 1 aliphatic heterocycles. The SMILES string of the molecule is COCCCN1C(=O)C(Nc2cccc(OC)c2)=C(c2ccccc2OC)C1=O. The molecule has 0 bridgehead atoms. The molecule has 0 fully saturated rings. The zero-order valence-corrected chi connectivity index (χ0v) is 16.7. The van der Waals surface area contributed by atoms with E-state index < -0.39 is 0 Å². The van der Waals surface area contributed by atoms with Gasteiger partial charge in [-0.25, -0.2) is 0 Å². The first-order valence-electron chi connectivity index (χ1n) is 9.24. The minimum absolute atomic E-state index is 0.213. The lowest BCUT2D eigenvalue weighted by atomic mass is 10.0. The van der Waals surface area contributed by atoms with Crippen LogP contribution < -0.4 is 14.8 Å². The second-order valence-electron chi connectivity index (χ2n) is 6.42. The van der Waals surface area contributed by atoms with Gasteiger partial charge in [0.05, 0.1) is 19.8 Å². The second kappa shape index (κ2) is 9.25. The normalized spacial score (nSPS) is 13.8. The van der Waals surface area contributed by atoms with Gasteiger partial charge in [0.15, 0.2) is 0 Å². The van der Waals surface area contributed by atoms with E-state index in [0.29, 0.717) is 35.8 Å². The molecule has 0 saturated carbocycles. The number of imide groups is 1. The number of methoxy groups -OCH3 is 3. The highest BCUT2D eigenvalue weighted by Crippen LogP contribution is 2.35. The van der Waals surface area contributed by atoms with Crippen LogP contribution in [0.3, 0.4) is 0 Å². The first-order chi connectivity index (χ1) is 14.1. The highest BCUT2D eigenvalue weighted by Gasteiger charge is 2.39. The molecule has 0 aliphatic carbocycles. The van der Waals surface area contributed by atoms with Crippen LogP contribution in [0.1, 0.15) is 12.0 Å². The molecule has 2 amide bonds. The minimum Gasteiger partial charge on any atom is -0.497 e. The molecule has 152 valence electrons. The number of carbonyl (C=O) groups is 2. The molecule has 29 heavy (non-hydrogen) atoms. The van der Waals surface area contributed by atoms with E-state index in [1.54, 1.807) is 50.6 Å². The fourth-order valence-electron chi connectivity index (χ4n) is 3.21. The van der Waals surface area contributed by atoms with Crippen molar-refractivity contribution in [2.45, 2.75) is 6.42 Å². The number of amides is 2. The molecule has 0 spiro atoms. The number of rotatable bonds is 9. The first-order valence-corrected chi connectivity index (χ1v) is 9.24. The summed E-state index contributed by atoms with van der Waals surface area (Å²) in [6.45, 7) is 0.729. The standard InChI is InChI=1S/C22H24N2O5/c1-27-13-7-12-24-21(25)19(17-10-4-5-11-18(17)29-3)20(22(24)26)23-15-8-6-9-16(14-15)28-2/h4-6,8-11,14,23H,7,12-13H2,1-3H3. The van der Waals surface area contributed by atoms with E-state index in [4.69, 9.17) is 14.2 Å². The minimum atomic E-state index is -0.380. The summed E-state index contributed by atoms with van der Waals surface area (Å²) in [5, 5.41) is 3.12. The van der Waals surface area contributed by atoms with Gasteiger partial charge in [0.1, 0.15) is 17.2 Å². The highest BCUT2D eigenvalue weighted by molar-refractivity contribution is 6.37. The van der Waals surface area contributed by atoms with E-state index in [2.05, 4.69) is 5.32 Å². The topological polar surface area (TPSA) is 77.1 Å². The lowest BCUT2D eigenvalue weighted by molar-refractivity contribution is -0.137. The summed E-state index contributed by atoms with van der Waals surface area (Å²) in [5.74, 6) is 0.423. The lowest BCUT2D eigenvalue weighted by Gasteiger charge is -2.15. The maximum Gasteiger partial charge on any atom is 0.278 e. The number of anilines is 1. The van der Waals surface area contributed by atoms with Crippen LogP contribution in [0.25, 0.3) is 5.57 Å². The molecule has 3 rings (SSSR count). The summed E-state index contributed by atoms with van der Waals surface area (Å²) >= 11 is 0. The Labute approximate surface area is 169 Å². The van der Waals surface area contributed by atoms with Gasteiger partial charge >= 0.3 is 0 Å². The summed E-state index contributed by atoms with van der Waals surface area (Å²) in [6, 6.07) is 14.3. The zero-order chi connectivity index (χ0) is 20.8. The molecular weight excluding hydrogens is 372 g/mol. The van der Waals surface area contributed by atoms with Crippen molar-refractivity contribution < 1.29 is 23.8 Å². The summed E-state index contributed by atoms with van der Waals surface area (Å²) < 4.78 is 15.7. The zero-order valence-electron chi connectivity index (χ0n) is 16.7. The fourth-order valence-corrected chi connectivity index (χ4v) is 3.21. The fraction of sp³-hybridized carbons (Fsp3) is 0.273. The van der Waals surface area contributed by atoms with Gasteiger partial charge < -0.3 is 19.5 Å². The highest BCUT2D eigenvalue weighted by atomic mass is 16.5. The molecule has 0 saturated heterocycles. The molecule has 1 aliphatic rings. The van der Waals surface area contributed by atoms with Crippen molar-refractivity contribution in [3.8, 4) is 11.5 Å². The average molecular weight is 396 g/mol. The van der Waals surface area contributed by atoms with Crippen molar-refractivity contribution in [2.24, 2.45) is 0 Å². The molecule has 0 unspecified atom stereocenters. The maximum atomic E-state index is 13.2. The Bertz CT molecular complexity index is 938. The third kappa shape index (κ3) is 4.25. The third-order valence-corrected chi connectivity index (χ3v) is 4.61. The van der Waals surface area contributed by atoms with Gasteiger partial charge in [-0.05, 0) is 24.6 Å². The Kier molecular flexibility index (Phi) is 6.51. The molecule has 7 nitrogen and oxygen atoms in total. The molecule has 1 N–H and O–H groups in total. The van der Waals surface area contributed by atoms with Crippen LogP contribution >= 0.6 is 0 Å². The Balaban J connectivity index is 2.04. The predicted octanol–water partition coefficient (Wildman–Crippen LogP) is 2.93. The van der Waals surface area contributed by atoms with Gasteiger partial charge in [-0.3, -0.25) is 14.5 Å². The van der Waals surface area contributed by atoms with Crippen LogP contribution in [0.2, 0.25) is 0 Å². The van der Waals surface area contributed by atoms with Crippen molar-refractivity contribution in [1.29, 1.82) is 0 Å². The van der Waals surface area contributed by atoms with Crippen LogP contribution in [-0.4, -0.2) is 51.2 Å². The van der Waals surface area contributed by atoms with Gasteiger partial charge in [0.25, 0.3) is 11.8 Å². The number of para-hydroxylation sites is 1. The number of ether oxygens (including phenoxy) is 3. The number of carbonyl (C=O) groups excluding carboxylic acids is 2. The smallest absolute Gasteiger partial charge is 0.278 e. The van der Waals surface area contributed by atoms with Crippen molar-refractivity contribution in [3.05, 3.63) is 59.8 Å². The number of nitrogens with one attached hydrogen (secondary N) is 1. The third-order valence-electron chi connectivity index (χ3n) is 4.61. The number of benzene rings is 2. The molecule has 1 heterocycles. The summed E-state index contributed by atoms with van der Waals surface area (Å²) in [7, 11) is 4.69. The molecule has 2 aromatic carbocycles. The van der Waals surface area contributed by atoms with Crippen molar-refractivity contribution in [1.82, 2.24) is 4.90 Å². The Morgan fingerprint density at radius 3 is 2.45 bits per heavy atom. The van der Waals surface area contributed by atoms with Crippen molar-refractivity contribution >= 4 is 23.1 Å². The van der Waals surface area contributed by atoms with Gasteiger partial charge in [-0.2, -0.15) is 0 Å². The van der Waals surface area contributed by atoms with Crippen LogP contribution in [0.15, 0.2) is 54.2 Å². The van der Waals surface area contributed by atoms with E-state index in [9.17, 15) is 9.59 Å². The van der Waals surface area contributed by atoms with Gasteiger partial charge in [0, 0.05) is 37.6 Å². The van der Waals surface area contributed by atoms with Crippen molar-refractivity contribution in [2.75, 3.05) is 39.8 Å². The van der Waals surface area contributed by atoms with Gasteiger partial charge in [-0.1, -0.05) is 24.3 Å². The monoisotopic (exact) mass is 396 g/mol. The largest absolute Gasteiger partial charge is 0.497 e. The molecule has 0 atom stereocenters. The van der Waals surface area contributed by atoms with E-state index in [1.165, 1.54) is 12.0 Å². The van der Waals surface area contributed by atoms with Crippen LogP contribution in [0, 0.1) is 0 Å². The van der Waals surface area contributed by atoms with E-state index >= 15 is 0 Å². The summed E-state index contributed by atoms with van der Waals surface area (Å²) in [6.07, 6.45) is 0.555.